The molecule has 0 fully saturated rings. The number of hydrogen-bond acceptors (Lipinski definition) is 3. The lowest BCUT2D eigenvalue weighted by Crippen LogP contribution is -2.12. The van der Waals surface area contributed by atoms with Gasteiger partial charge in [-0.15, -0.1) is 0 Å². The van der Waals surface area contributed by atoms with E-state index >= 15 is 0 Å². The molecule has 0 amide bonds. The van der Waals surface area contributed by atoms with Crippen LogP contribution in [-0.2, 0) is 0 Å². The summed E-state index contributed by atoms with van der Waals surface area (Å²) in [5.74, 6) is -0.373. The standard InChI is InChI=1S/C14H11FN2O2/c1-8-5-10(7-16)14(18)17-13(8)9-3-4-12(19-2)11(15)6-9/h3-6H,1-2H3,(H,17,18). The van der Waals surface area contributed by atoms with Gasteiger partial charge in [-0.05, 0) is 36.8 Å². The topological polar surface area (TPSA) is 65.9 Å². The van der Waals surface area contributed by atoms with Gasteiger partial charge in [0.25, 0.3) is 5.56 Å². The lowest BCUT2D eigenvalue weighted by Gasteiger charge is -2.08. The quantitative estimate of drug-likeness (QED) is 0.899. The molecule has 0 aliphatic rings. The van der Waals surface area contributed by atoms with Crippen molar-refractivity contribution in [3.63, 3.8) is 0 Å². The first-order valence-electron chi connectivity index (χ1n) is 5.54. The second-order valence-electron chi connectivity index (χ2n) is 4.03. The normalized spacial score (nSPS) is 10.0. The van der Waals surface area contributed by atoms with Crippen molar-refractivity contribution in [2.45, 2.75) is 6.92 Å². The van der Waals surface area contributed by atoms with Crippen molar-refractivity contribution >= 4 is 0 Å². The van der Waals surface area contributed by atoms with Crippen LogP contribution in [0.1, 0.15) is 11.1 Å². The highest BCUT2D eigenvalue weighted by atomic mass is 19.1. The zero-order valence-electron chi connectivity index (χ0n) is 10.5. The van der Waals surface area contributed by atoms with Crippen LogP contribution in [0.4, 0.5) is 4.39 Å². The number of aromatic nitrogens is 1. The van der Waals surface area contributed by atoms with Gasteiger partial charge in [0.05, 0.1) is 12.8 Å². The van der Waals surface area contributed by atoms with E-state index in [1.54, 1.807) is 19.1 Å². The minimum atomic E-state index is -0.510. The van der Waals surface area contributed by atoms with Gasteiger partial charge in [0.15, 0.2) is 11.6 Å². The highest BCUT2D eigenvalue weighted by Crippen LogP contribution is 2.25. The van der Waals surface area contributed by atoms with Gasteiger partial charge in [0.1, 0.15) is 11.6 Å². The van der Waals surface area contributed by atoms with Gasteiger partial charge in [-0.1, -0.05) is 0 Å². The van der Waals surface area contributed by atoms with E-state index in [1.165, 1.54) is 25.3 Å². The molecule has 1 aromatic heterocycles. The number of hydrogen-bond donors (Lipinski definition) is 1. The Kier molecular flexibility index (Phi) is 3.34. The van der Waals surface area contributed by atoms with Crippen LogP contribution in [0.2, 0.25) is 0 Å². The van der Waals surface area contributed by atoms with E-state index in [9.17, 15) is 9.18 Å². The van der Waals surface area contributed by atoms with Crippen molar-refractivity contribution in [1.82, 2.24) is 4.98 Å². The summed E-state index contributed by atoms with van der Waals surface area (Å²) in [7, 11) is 1.38. The van der Waals surface area contributed by atoms with Crippen LogP contribution in [0.15, 0.2) is 29.1 Å². The lowest BCUT2D eigenvalue weighted by atomic mass is 10.0. The predicted octanol–water partition coefficient (Wildman–Crippen LogP) is 2.37. The van der Waals surface area contributed by atoms with Gasteiger partial charge in [-0.3, -0.25) is 4.79 Å². The summed E-state index contributed by atoms with van der Waals surface area (Å²) in [6.07, 6.45) is 0. The summed E-state index contributed by atoms with van der Waals surface area (Å²) >= 11 is 0. The molecule has 0 radical (unpaired) electrons. The van der Waals surface area contributed by atoms with Crippen LogP contribution in [-0.4, -0.2) is 12.1 Å². The number of nitrogens with one attached hydrogen (secondary N) is 1. The van der Waals surface area contributed by atoms with E-state index < -0.39 is 11.4 Å². The monoisotopic (exact) mass is 258 g/mol. The Bertz CT molecular complexity index is 729. The van der Waals surface area contributed by atoms with E-state index in [4.69, 9.17) is 10.00 Å². The maximum atomic E-state index is 13.6. The zero-order chi connectivity index (χ0) is 14.0. The van der Waals surface area contributed by atoms with Crippen LogP contribution in [0.25, 0.3) is 11.3 Å². The molecule has 2 rings (SSSR count). The molecule has 0 bridgehead atoms. The van der Waals surface area contributed by atoms with Crippen LogP contribution >= 0.6 is 0 Å². The average Bonchev–Trinajstić information content (AvgIpc) is 2.40. The Morgan fingerprint density at radius 3 is 2.68 bits per heavy atom. The molecular weight excluding hydrogens is 247 g/mol. The second kappa shape index (κ2) is 4.94. The summed E-state index contributed by atoms with van der Waals surface area (Å²) in [5.41, 5.74) is 1.26. The van der Waals surface area contributed by atoms with Crippen molar-refractivity contribution in [1.29, 1.82) is 5.26 Å². The number of ether oxygens (including phenoxy) is 1. The smallest absolute Gasteiger partial charge is 0.266 e. The van der Waals surface area contributed by atoms with Gasteiger partial charge >= 0.3 is 0 Å². The number of H-pyrrole nitrogens is 1. The van der Waals surface area contributed by atoms with Crippen LogP contribution in [0, 0.1) is 24.1 Å². The number of pyridine rings is 1. The SMILES string of the molecule is COc1ccc(-c2[nH]c(=O)c(C#N)cc2C)cc1F. The average molecular weight is 258 g/mol. The first-order chi connectivity index (χ1) is 9.06. The Morgan fingerprint density at radius 2 is 2.11 bits per heavy atom. The van der Waals surface area contributed by atoms with Gasteiger partial charge in [0, 0.05) is 5.56 Å². The molecule has 0 atom stereocenters. The van der Waals surface area contributed by atoms with Gasteiger partial charge in [-0.25, -0.2) is 4.39 Å². The van der Waals surface area contributed by atoms with Crippen molar-refractivity contribution in [2.24, 2.45) is 0 Å². The number of aromatic amines is 1. The Morgan fingerprint density at radius 1 is 1.37 bits per heavy atom. The molecule has 0 spiro atoms. The molecule has 96 valence electrons. The van der Waals surface area contributed by atoms with Crippen molar-refractivity contribution in [3.8, 4) is 23.1 Å². The van der Waals surface area contributed by atoms with E-state index in [2.05, 4.69) is 4.98 Å². The fourth-order valence-electron chi connectivity index (χ4n) is 1.84. The molecule has 19 heavy (non-hydrogen) atoms. The molecule has 2 aromatic rings. The molecule has 0 saturated heterocycles. The minimum Gasteiger partial charge on any atom is -0.494 e. The van der Waals surface area contributed by atoms with E-state index in [0.717, 1.165) is 0 Å². The molecule has 5 heteroatoms. The third kappa shape index (κ3) is 2.33. The largest absolute Gasteiger partial charge is 0.494 e. The van der Waals surface area contributed by atoms with Crippen LogP contribution < -0.4 is 10.3 Å². The van der Waals surface area contributed by atoms with Crippen molar-refractivity contribution in [2.75, 3.05) is 7.11 Å². The molecule has 1 N–H and O–H groups in total. The summed E-state index contributed by atoms with van der Waals surface area (Å²) in [4.78, 5) is 14.2. The Balaban J connectivity index is 2.60. The van der Waals surface area contributed by atoms with E-state index in [-0.39, 0.29) is 11.3 Å². The third-order valence-corrected chi connectivity index (χ3v) is 2.80. The maximum Gasteiger partial charge on any atom is 0.266 e. The summed E-state index contributed by atoms with van der Waals surface area (Å²) in [5, 5.41) is 8.77. The summed E-state index contributed by atoms with van der Waals surface area (Å²) in [6.45, 7) is 1.74. The molecular formula is C14H11FN2O2. The van der Waals surface area contributed by atoms with Crippen LogP contribution in [0.3, 0.4) is 0 Å². The van der Waals surface area contributed by atoms with Gasteiger partial charge < -0.3 is 9.72 Å². The molecule has 0 unspecified atom stereocenters. The number of nitrogens with zero attached hydrogens (tertiary/aromatic N) is 1. The molecule has 0 aliphatic heterocycles. The first-order valence-corrected chi connectivity index (χ1v) is 5.54. The number of methoxy groups -OCH3 is 1. The predicted molar refractivity (Wildman–Crippen MR) is 68.5 cm³/mol. The van der Waals surface area contributed by atoms with Crippen molar-refractivity contribution in [3.05, 3.63) is 51.6 Å². The molecule has 4 nitrogen and oxygen atoms in total. The number of nitriles is 1. The molecule has 0 saturated carbocycles. The Hall–Kier alpha value is -2.61. The van der Waals surface area contributed by atoms with Gasteiger partial charge in [0.2, 0.25) is 0 Å². The fraction of sp³-hybridized carbons (Fsp3) is 0.143. The van der Waals surface area contributed by atoms with Gasteiger partial charge in [-0.2, -0.15) is 5.26 Å². The van der Waals surface area contributed by atoms with E-state index in [1.807, 2.05) is 0 Å². The Labute approximate surface area is 109 Å². The first kappa shape index (κ1) is 12.8. The number of halogens is 1. The zero-order valence-corrected chi connectivity index (χ0v) is 10.5. The minimum absolute atomic E-state index is 0.0373. The van der Waals surface area contributed by atoms with Crippen molar-refractivity contribution < 1.29 is 9.13 Å². The van der Waals surface area contributed by atoms with Crippen LogP contribution in [0.5, 0.6) is 5.75 Å². The highest BCUT2D eigenvalue weighted by Gasteiger charge is 2.10. The fourth-order valence-corrected chi connectivity index (χ4v) is 1.84. The van der Waals surface area contributed by atoms with E-state index in [0.29, 0.717) is 16.8 Å². The third-order valence-electron chi connectivity index (χ3n) is 2.80. The number of aryl methyl sites for hydroxylation is 1. The lowest BCUT2D eigenvalue weighted by molar-refractivity contribution is 0.386. The molecule has 1 heterocycles. The summed E-state index contributed by atoms with van der Waals surface area (Å²) in [6, 6.07) is 7.70. The number of benzene rings is 1. The molecule has 0 aliphatic carbocycles. The molecule has 1 aromatic carbocycles. The summed E-state index contributed by atoms with van der Waals surface area (Å²) < 4.78 is 18.5. The number of rotatable bonds is 2. The highest BCUT2D eigenvalue weighted by molar-refractivity contribution is 5.64. The second-order valence-corrected chi connectivity index (χ2v) is 4.03. The maximum absolute atomic E-state index is 13.6.